The Balaban J connectivity index is 2.28. The molecule has 1 heterocycles. The number of thioether (sulfide) groups is 1. The van der Waals surface area contributed by atoms with E-state index in [1.165, 1.54) is 12.1 Å². The average Bonchev–Trinajstić information content (AvgIpc) is 2.73. The fraction of sp³-hybridized carbons (Fsp3) is 0.400. The third-order valence-electron chi connectivity index (χ3n) is 2.55. The Kier molecular flexibility index (Phi) is 3.60. The predicted octanol–water partition coefficient (Wildman–Crippen LogP) is 1.19. The van der Waals surface area contributed by atoms with Crippen LogP contribution in [-0.4, -0.2) is 26.0 Å². The molecule has 1 saturated heterocycles. The quantitative estimate of drug-likeness (QED) is 0.814. The molecule has 1 aromatic carbocycles. The molecule has 0 amide bonds. The summed E-state index contributed by atoms with van der Waals surface area (Å²) in [6.45, 7) is 0. The molecule has 1 atom stereocenters. The largest absolute Gasteiger partial charge is 0.395 e. The molecule has 0 bridgehead atoms. The van der Waals surface area contributed by atoms with Gasteiger partial charge in [-0.3, -0.25) is 0 Å². The minimum Gasteiger partial charge on any atom is -0.395 e. The maximum absolute atomic E-state index is 13.2. The van der Waals surface area contributed by atoms with E-state index in [1.54, 1.807) is 11.8 Å². The van der Waals surface area contributed by atoms with Crippen molar-refractivity contribution in [1.82, 2.24) is 4.72 Å². The number of nitrogen functional groups attached to an aromatic ring is 1. The van der Waals surface area contributed by atoms with Crippen LogP contribution < -0.4 is 10.5 Å². The maximum atomic E-state index is 13.2. The molecule has 1 aromatic rings. The van der Waals surface area contributed by atoms with E-state index in [9.17, 15) is 12.8 Å². The summed E-state index contributed by atoms with van der Waals surface area (Å²) in [6.07, 6.45) is 0.791. The molecule has 94 valence electrons. The van der Waals surface area contributed by atoms with E-state index < -0.39 is 15.8 Å². The van der Waals surface area contributed by atoms with Gasteiger partial charge in [0.15, 0.2) is 0 Å². The second-order valence-electron chi connectivity index (χ2n) is 3.83. The van der Waals surface area contributed by atoms with Crippen LogP contribution in [0.1, 0.15) is 6.42 Å². The maximum Gasteiger partial charge on any atom is 0.243 e. The number of anilines is 1. The van der Waals surface area contributed by atoms with Crippen LogP contribution in [-0.2, 0) is 10.0 Å². The van der Waals surface area contributed by atoms with E-state index in [4.69, 9.17) is 5.73 Å². The van der Waals surface area contributed by atoms with Gasteiger partial charge in [0.25, 0.3) is 0 Å². The Bertz CT molecular complexity index is 513. The molecule has 17 heavy (non-hydrogen) atoms. The van der Waals surface area contributed by atoms with Crippen molar-refractivity contribution in [1.29, 1.82) is 0 Å². The van der Waals surface area contributed by atoms with Crippen molar-refractivity contribution < 1.29 is 12.8 Å². The van der Waals surface area contributed by atoms with Crippen molar-refractivity contribution in [2.45, 2.75) is 17.4 Å². The van der Waals surface area contributed by atoms with Crippen LogP contribution in [0.3, 0.4) is 0 Å². The number of nitrogens with one attached hydrogen (secondary N) is 1. The molecule has 1 aliphatic rings. The molecule has 2 rings (SSSR count). The molecule has 0 aromatic heterocycles. The normalized spacial score (nSPS) is 20.6. The van der Waals surface area contributed by atoms with Gasteiger partial charge in [-0.05, 0) is 24.3 Å². The van der Waals surface area contributed by atoms with Gasteiger partial charge in [0.05, 0.1) is 5.69 Å². The van der Waals surface area contributed by atoms with E-state index in [-0.39, 0.29) is 16.6 Å². The van der Waals surface area contributed by atoms with Crippen LogP contribution in [0.25, 0.3) is 0 Å². The van der Waals surface area contributed by atoms with Gasteiger partial charge in [0.1, 0.15) is 10.7 Å². The molecule has 1 unspecified atom stereocenters. The highest BCUT2D eigenvalue weighted by Crippen LogP contribution is 2.23. The zero-order valence-corrected chi connectivity index (χ0v) is 10.7. The lowest BCUT2D eigenvalue weighted by atomic mass is 10.3. The number of sulfonamides is 1. The number of hydrogen-bond acceptors (Lipinski definition) is 4. The molecular formula is C10H13FN2O2S2. The number of rotatable bonds is 3. The van der Waals surface area contributed by atoms with Crippen LogP contribution in [0.4, 0.5) is 10.1 Å². The summed E-state index contributed by atoms with van der Waals surface area (Å²) in [5.41, 5.74) is 5.12. The summed E-state index contributed by atoms with van der Waals surface area (Å²) in [7, 11) is -3.73. The van der Waals surface area contributed by atoms with Crippen LogP contribution in [0.15, 0.2) is 23.1 Å². The molecule has 1 aliphatic heterocycles. The Morgan fingerprint density at radius 3 is 2.88 bits per heavy atom. The first-order valence-electron chi connectivity index (χ1n) is 5.15. The molecule has 7 heteroatoms. The van der Waals surface area contributed by atoms with Crippen molar-refractivity contribution in [2.75, 3.05) is 17.2 Å². The number of nitrogens with two attached hydrogens (primary N) is 1. The third-order valence-corrected chi connectivity index (χ3v) is 5.30. The highest BCUT2D eigenvalue weighted by Gasteiger charge is 2.25. The third kappa shape index (κ3) is 2.72. The molecule has 0 radical (unpaired) electrons. The van der Waals surface area contributed by atoms with Crippen LogP contribution in [0.5, 0.6) is 0 Å². The first-order valence-corrected chi connectivity index (χ1v) is 7.78. The molecule has 3 N–H and O–H groups in total. The van der Waals surface area contributed by atoms with Gasteiger partial charge in [-0.1, -0.05) is 6.07 Å². The summed E-state index contributed by atoms with van der Waals surface area (Å²) in [6, 6.07) is 3.69. The van der Waals surface area contributed by atoms with Gasteiger partial charge in [-0.25, -0.2) is 17.5 Å². The Morgan fingerprint density at radius 2 is 2.24 bits per heavy atom. The number of hydrogen-bond donors (Lipinski definition) is 2. The van der Waals surface area contributed by atoms with Gasteiger partial charge in [-0.2, -0.15) is 11.8 Å². The molecular weight excluding hydrogens is 263 g/mol. The topological polar surface area (TPSA) is 72.2 Å². The Labute approximate surface area is 104 Å². The lowest BCUT2D eigenvalue weighted by molar-refractivity contribution is 0.561. The van der Waals surface area contributed by atoms with E-state index in [2.05, 4.69) is 4.72 Å². The van der Waals surface area contributed by atoms with Gasteiger partial charge in [0, 0.05) is 11.8 Å². The van der Waals surface area contributed by atoms with E-state index in [0.717, 1.165) is 24.0 Å². The van der Waals surface area contributed by atoms with Crippen molar-refractivity contribution in [3.8, 4) is 0 Å². The molecule has 4 nitrogen and oxygen atoms in total. The minimum atomic E-state index is -3.73. The number of halogens is 1. The zero-order valence-electron chi connectivity index (χ0n) is 9.02. The summed E-state index contributed by atoms with van der Waals surface area (Å²) >= 11 is 1.69. The Hall–Kier alpha value is -0.790. The smallest absolute Gasteiger partial charge is 0.243 e. The summed E-state index contributed by atoms with van der Waals surface area (Å²) in [5, 5.41) is 0. The zero-order chi connectivity index (χ0) is 12.5. The fourth-order valence-electron chi connectivity index (χ4n) is 1.66. The van der Waals surface area contributed by atoms with Gasteiger partial charge in [-0.15, -0.1) is 0 Å². The first-order chi connectivity index (χ1) is 8.00. The summed E-state index contributed by atoms with van der Waals surface area (Å²) < 4.78 is 39.7. The second-order valence-corrected chi connectivity index (χ2v) is 6.67. The number of benzene rings is 1. The fourth-order valence-corrected chi connectivity index (χ4v) is 4.33. The monoisotopic (exact) mass is 276 g/mol. The van der Waals surface area contributed by atoms with Crippen LogP contribution in [0, 0.1) is 5.82 Å². The minimum absolute atomic E-state index is 0.0901. The SMILES string of the molecule is Nc1c(F)cccc1S(=O)(=O)NC1CCSC1. The van der Waals surface area contributed by atoms with Crippen molar-refractivity contribution in [3.05, 3.63) is 24.0 Å². The van der Waals surface area contributed by atoms with E-state index >= 15 is 0 Å². The highest BCUT2D eigenvalue weighted by atomic mass is 32.2. The second kappa shape index (κ2) is 4.83. The predicted molar refractivity (Wildman–Crippen MR) is 66.9 cm³/mol. The van der Waals surface area contributed by atoms with Crippen molar-refractivity contribution in [2.24, 2.45) is 0 Å². The first kappa shape index (κ1) is 12.7. The molecule has 0 saturated carbocycles. The summed E-state index contributed by atoms with van der Waals surface area (Å²) in [5.74, 6) is 0.967. The van der Waals surface area contributed by atoms with E-state index in [0.29, 0.717) is 0 Å². The van der Waals surface area contributed by atoms with Crippen molar-refractivity contribution in [3.63, 3.8) is 0 Å². The average molecular weight is 276 g/mol. The Morgan fingerprint density at radius 1 is 1.47 bits per heavy atom. The lowest BCUT2D eigenvalue weighted by Gasteiger charge is -2.13. The highest BCUT2D eigenvalue weighted by molar-refractivity contribution is 7.99. The lowest BCUT2D eigenvalue weighted by Crippen LogP contribution is -2.35. The molecule has 0 spiro atoms. The van der Waals surface area contributed by atoms with Gasteiger partial charge < -0.3 is 5.73 Å². The standard InChI is InChI=1S/C10H13FN2O2S2/c11-8-2-1-3-9(10(8)12)17(14,15)13-7-4-5-16-6-7/h1-3,7,13H,4-6,12H2. The van der Waals surface area contributed by atoms with Crippen LogP contribution in [0.2, 0.25) is 0 Å². The molecule has 0 aliphatic carbocycles. The number of para-hydroxylation sites is 1. The van der Waals surface area contributed by atoms with Crippen LogP contribution >= 0.6 is 11.8 Å². The van der Waals surface area contributed by atoms with Gasteiger partial charge >= 0.3 is 0 Å². The van der Waals surface area contributed by atoms with Gasteiger partial charge in [0.2, 0.25) is 10.0 Å². The summed E-state index contributed by atoms with van der Waals surface area (Å²) in [4.78, 5) is -0.186. The molecule has 1 fully saturated rings. The van der Waals surface area contributed by atoms with Crippen molar-refractivity contribution >= 4 is 27.5 Å². The van der Waals surface area contributed by atoms with E-state index in [1.807, 2.05) is 0 Å².